The van der Waals surface area contributed by atoms with Crippen LogP contribution in [0.15, 0.2) is 76.8 Å². The first-order chi connectivity index (χ1) is 14.2. The van der Waals surface area contributed by atoms with Crippen LogP contribution < -0.4 is 9.44 Å². The Bertz CT molecular complexity index is 1200. The van der Waals surface area contributed by atoms with Crippen LogP contribution in [0, 0.1) is 0 Å². The van der Waals surface area contributed by atoms with Gasteiger partial charge in [0.25, 0.3) is 20.0 Å². The summed E-state index contributed by atoms with van der Waals surface area (Å²) in [6.07, 6.45) is 3.79. The van der Waals surface area contributed by atoms with Crippen LogP contribution in [0.25, 0.3) is 0 Å². The van der Waals surface area contributed by atoms with Crippen LogP contribution in [0.2, 0.25) is 0 Å². The van der Waals surface area contributed by atoms with Crippen LogP contribution in [0.3, 0.4) is 0 Å². The van der Waals surface area contributed by atoms with E-state index >= 15 is 0 Å². The minimum atomic E-state index is -3.89. The summed E-state index contributed by atoms with van der Waals surface area (Å²) < 4.78 is 54.8. The molecular formula is C20H22N4O4S2. The molecule has 0 spiro atoms. The molecule has 8 nitrogen and oxygen atoms in total. The third-order valence-corrected chi connectivity index (χ3v) is 7.32. The number of nitrogens with zero attached hydrogens (tertiary/aromatic N) is 2. The van der Waals surface area contributed by atoms with Crippen LogP contribution in [0.4, 0.5) is 11.6 Å². The average Bonchev–Trinajstić information content (AvgIpc) is 2.74. The molecule has 0 amide bonds. The summed E-state index contributed by atoms with van der Waals surface area (Å²) >= 11 is 0. The Morgan fingerprint density at radius 1 is 0.800 bits per heavy atom. The van der Waals surface area contributed by atoms with E-state index in [2.05, 4.69) is 33.3 Å². The lowest BCUT2D eigenvalue weighted by atomic mass is 9.99. The van der Waals surface area contributed by atoms with Crippen molar-refractivity contribution >= 4 is 31.7 Å². The van der Waals surface area contributed by atoms with Gasteiger partial charge < -0.3 is 0 Å². The Morgan fingerprint density at radius 2 is 1.30 bits per heavy atom. The molecule has 0 aliphatic rings. The third-order valence-electron chi connectivity index (χ3n) is 4.58. The van der Waals surface area contributed by atoms with E-state index in [1.165, 1.54) is 36.7 Å². The molecule has 0 radical (unpaired) electrons. The second kappa shape index (κ2) is 8.80. The summed E-state index contributed by atoms with van der Waals surface area (Å²) in [6.45, 7) is 4.15. The van der Waals surface area contributed by atoms with E-state index < -0.39 is 20.0 Å². The molecule has 158 valence electrons. The van der Waals surface area contributed by atoms with Crippen molar-refractivity contribution in [2.24, 2.45) is 0 Å². The van der Waals surface area contributed by atoms with Crippen LogP contribution in [-0.4, -0.2) is 26.8 Å². The number of nitrogens with one attached hydrogen (secondary N) is 2. The summed E-state index contributed by atoms with van der Waals surface area (Å²) in [6, 6.07) is 13.7. The summed E-state index contributed by atoms with van der Waals surface area (Å²) in [4.78, 5) is 7.72. The Balaban J connectivity index is 1.74. The number of rotatable bonds is 8. The van der Waals surface area contributed by atoms with Crippen LogP contribution in [0.1, 0.15) is 31.7 Å². The van der Waals surface area contributed by atoms with Gasteiger partial charge in [-0.2, -0.15) is 0 Å². The Kier molecular flexibility index (Phi) is 6.37. The number of hydrogen-bond acceptors (Lipinski definition) is 6. The fourth-order valence-electron chi connectivity index (χ4n) is 2.66. The highest BCUT2D eigenvalue weighted by molar-refractivity contribution is 7.93. The van der Waals surface area contributed by atoms with Gasteiger partial charge in [-0.15, -0.1) is 0 Å². The number of hydrogen-bond donors (Lipinski definition) is 2. The van der Waals surface area contributed by atoms with Crippen molar-refractivity contribution < 1.29 is 16.8 Å². The van der Waals surface area contributed by atoms with Gasteiger partial charge in [-0.1, -0.05) is 26.0 Å². The Morgan fingerprint density at radius 3 is 1.83 bits per heavy atom. The first kappa shape index (κ1) is 21.7. The maximum Gasteiger partial charge on any atom is 0.264 e. The highest BCUT2D eigenvalue weighted by Crippen LogP contribution is 2.23. The molecule has 1 heterocycles. The highest BCUT2D eigenvalue weighted by atomic mass is 32.2. The molecule has 0 aliphatic carbocycles. The number of benzene rings is 2. The van der Waals surface area contributed by atoms with Gasteiger partial charge in [0.1, 0.15) is 0 Å². The summed E-state index contributed by atoms with van der Waals surface area (Å²) in [5.74, 6) is 0.294. The van der Waals surface area contributed by atoms with Crippen molar-refractivity contribution in [2.75, 3.05) is 9.44 Å². The molecule has 0 aliphatic heterocycles. The zero-order valence-electron chi connectivity index (χ0n) is 16.5. The summed E-state index contributed by atoms with van der Waals surface area (Å²) in [5, 5.41) is 0. The quantitative estimate of drug-likeness (QED) is 0.546. The molecule has 0 saturated carbocycles. The molecule has 2 N–H and O–H groups in total. The molecule has 0 fully saturated rings. The van der Waals surface area contributed by atoms with Gasteiger partial charge in [-0.3, -0.25) is 4.72 Å². The van der Waals surface area contributed by atoms with E-state index in [9.17, 15) is 16.8 Å². The second-order valence-electron chi connectivity index (χ2n) is 6.69. The predicted octanol–water partition coefficient (Wildman–Crippen LogP) is 3.59. The molecule has 1 atom stereocenters. The van der Waals surface area contributed by atoms with Crippen molar-refractivity contribution in [1.29, 1.82) is 0 Å². The Labute approximate surface area is 176 Å². The van der Waals surface area contributed by atoms with E-state index in [4.69, 9.17) is 0 Å². The molecule has 30 heavy (non-hydrogen) atoms. The van der Waals surface area contributed by atoms with Crippen molar-refractivity contribution in [3.8, 4) is 0 Å². The largest absolute Gasteiger partial charge is 0.280 e. The third kappa shape index (κ3) is 5.14. The van der Waals surface area contributed by atoms with Crippen LogP contribution in [-0.2, 0) is 20.0 Å². The molecule has 3 aromatic rings. The van der Waals surface area contributed by atoms with Gasteiger partial charge in [0.15, 0.2) is 0 Å². The highest BCUT2D eigenvalue weighted by Gasteiger charge is 2.18. The van der Waals surface area contributed by atoms with Gasteiger partial charge in [0, 0.05) is 18.1 Å². The van der Waals surface area contributed by atoms with E-state index in [0.29, 0.717) is 5.92 Å². The van der Waals surface area contributed by atoms with Crippen LogP contribution in [0.5, 0.6) is 0 Å². The predicted molar refractivity (Wildman–Crippen MR) is 115 cm³/mol. The second-order valence-corrected chi connectivity index (χ2v) is 10.1. The van der Waals surface area contributed by atoms with E-state index in [0.717, 1.165) is 12.0 Å². The first-order valence-corrected chi connectivity index (χ1v) is 12.2. The van der Waals surface area contributed by atoms with E-state index in [-0.39, 0.29) is 21.4 Å². The lowest BCUT2D eigenvalue weighted by molar-refractivity contribution is 0.599. The maximum atomic E-state index is 12.6. The molecule has 0 saturated heterocycles. The number of sulfonamides is 2. The minimum Gasteiger partial charge on any atom is -0.280 e. The van der Waals surface area contributed by atoms with Gasteiger partial charge in [-0.05, 0) is 60.4 Å². The lowest BCUT2D eigenvalue weighted by Crippen LogP contribution is -2.15. The normalized spacial score (nSPS) is 12.9. The zero-order valence-corrected chi connectivity index (χ0v) is 18.1. The molecule has 1 aromatic heterocycles. The van der Waals surface area contributed by atoms with Gasteiger partial charge in [0.2, 0.25) is 5.95 Å². The SMILES string of the molecule is CCC(C)c1ccc(S(=O)(=O)Nc2ccc(S(=O)(=O)Nc3ncccn3)cc2)cc1. The molecular weight excluding hydrogens is 424 g/mol. The van der Waals surface area contributed by atoms with Crippen molar-refractivity contribution in [2.45, 2.75) is 36.0 Å². The average molecular weight is 447 g/mol. The smallest absolute Gasteiger partial charge is 0.264 e. The minimum absolute atomic E-state index is 0.0455. The zero-order chi connectivity index (χ0) is 21.8. The van der Waals surface area contributed by atoms with Crippen molar-refractivity contribution in [3.05, 3.63) is 72.6 Å². The van der Waals surface area contributed by atoms with E-state index in [1.54, 1.807) is 30.3 Å². The number of anilines is 2. The van der Waals surface area contributed by atoms with Gasteiger partial charge in [-0.25, -0.2) is 31.5 Å². The molecule has 1 unspecified atom stereocenters. The van der Waals surface area contributed by atoms with Crippen molar-refractivity contribution in [1.82, 2.24) is 9.97 Å². The van der Waals surface area contributed by atoms with Gasteiger partial charge >= 0.3 is 0 Å². The monoisotopic (exact) mass is 446 g/mol. The molecule has 3 rings (SSSR count). The van der Waals surface area contributed by atoms with Crippen molar-refractivity contribution in [3.63, 3.8) is 0 Å². The van der Waals surface area contributed by atoms with Crippen LogP contribution >= 0.6 is 0 Å². The fourth-order valence-corrected chi connectivity index (χ4v) is 4.67. The molecule has 0 bridgehead atoms. The fraction of sp³-hybridized carbons (Fsp3) is 0.200. The topological polar surface area (TPSA) is 118 Å². The standard InChI is InChI=1S/C20H22N4O4S2/c1-3-15(2)16-5-9-18(10-6-16)29(25,26)23-17-7-11-19(12-8-17)30(27,28)24-20-21-13-4-14-22-20/h4-15,23H,3H2,1-2H3,(H,21,22,24). The lowest BCUT2D eigenvalue weighted by Gasteiger charge is -2.12. The maximum absolute atomic E-state index is 12.6. The number of aromatic nitrogens is 2. The first-order valence-electron chi connectivity index (χ1n) is 9.24. The summed E-state index contributed by atoms with van der Waals surface area (Å²) in [5.41, 5.74) is 1.32. The summed E-state index contributed by atoms with van der Waals surface area (Å²) in [7, 11) is -7.69. The molecule has 2 aromatic carbocycles. The Hall–Kier alpha value is -2.98. The van der Waals surface area contributed by atoms with Gasteiger partial charge in [0.05, 0.1) is 9.79 Å². The molecule has 10 heteroatoms. The van der Waals surface area contributed by atoms with E-state index in [1.807, 2.05) is 0 Å².